The molecule has 2 bridgehead atoms. The predicted octanol–water partition coefficient (Wildman–Crippen LogP) is 1.04. The molecule has 0 saturated carbocycles. The minimum absolute atomic E-state index is 0.159. The fourth-order valence-corrected chi connectivity index (χ4v) is 3.48. The highest BCUT2D eigenvalue weighted by molar-refractivity contribution is 5.31. The molecule has 2 aliphatic rings. The van der Waals surface area contributed by atoms with Gasteiger partial charge in [0.25, 0.3) is 0 Å². The highest BCUT2D eigenvalue weighted by atomic mass is 15.3. The molecule has 3 rings (SSSR count). The molecule has 2 fully saturated rings. The molecule has 0 radical (unpaired) electrons. The fraction of sp³-hybridized carbons (Fsp3) is 0.733. The van der Waals surface area contributed by atoms with Gasteiger partial charge in [-0.15, -0.1) is 0 Å². The van der Waals surface area contributed by atoms with Gasteiger partial charge in [-0.1, -0.05) is 0 Å². The average Bonchev–Trinajstić information content (AvgIpc) is 2.64. The van der Waals surface area contributed by atoms with E-state index < -0.39 is 0 Å². The second-order valence-corrected chi connectivity index (χ2v) is 6.36. The Kier molecular flexibility index (Phi) is 3.89. The van der Waals surface area contributed by atoms with Crippen molar-refractivity contribution in [1.29, 1.82) is 0 Å². The van der Waals surface area contributed by atoms with E-state index in [-0.39, 0.29) is 6.04 Å². The van der Waals surface area contributed by atoms with Gasteiger partial charge < -0.3 is 10.6 Å². The quantitative estimate of drug-likeness (QED) is 0.893. The summed E-state index contributed by atoms with van der Waals surface area (Å²) >= 11 is 0. The van der Waals surface area contributed by atoms with Crippen LogP contribution in [0.4, 0.5) is 5.95 Å². The molecule has 0 amide bonds. The molecule has 1 aromatic rings. The average molecular weight is 275 g/mol. The van der Waals surface area contributed by atoms with Crippen LogP contribution in [-0.2, 0) is 6.42 Å². The van der Waals surface area contributed by atoms with Crippen LogP contribution in [0.1, 0.15) is 31.7 Å². The van der Waals surface area contributed by atoms with Crippen LogP contribution in [0.15, 0.2) is 12.4 Å². The Hall–Kier alpha value is -1.20. The third-order valence-electron chi connectivity index (χ3n) is 4.68. The van der Waals surface area contributed by atoms with Crippen molar-refractivity contribution in [2.75, 3.05) is 25.0 Å². The van der Waals surface area contributed by atoms with Crippen LogP contribution in [0.25, 0.3) is 0 Å². The minimum atomic E-state index is 0.159. The smallest absolute Gasteiger partial charge is 0.225 e. The van der Waals surface area contributed by atoms with Crippen LogP contribution in [0.5, 0.6) is 0 Å². The Morgan fingerprint density at radius 3 is 2.65 bits per heavy atom. The number of hydrogen-bond donors (Lipinski definition) is 1. The van der Waals surface area contributed by atoms with E-state index in [0.717, 1.165) is 37.1 Å². The normalized spacial score (nSPS) is 28.4. The van der Waals surface area contributed by atoms with Gasteiger partial charge in [0.05, 0.1) is 0 Å². The summed E-state index contributed by atoms with van der Waals surface area (Å²) in [7, 11) is 2.26. The van der Waals surface area contributed by atoms with Gasteiger partial charge in [-0.3, -0.25) is 4.90 Å². The number of fused-ring (bicyclic) bond motifs is 2. The monoisotopic (exact) mass is 275 g/mol. The molecule has 3 unspecified atom stereocenters. The lowest BCUT2D eigenvalue weighted by atomic mass is 10.1. The zero-order valence-corrected chi connectivity index (χ0v) is 12.5. The number of likely N-dealkylation sites (N-methyl/N-ethyl adjacent to an activating group) is 1. The van der Waals surface area contributed by atoms with Crippen LogP contribution in [0, 0.1) is 0 Å². The lowest BCUT2D eigenvalue weighted by Gasteiger charge is -2.25. The van der Waals surface area contributed by atoms with Gasteiger partial charge in [0.15, 0.2) is 0 Å². The lowest BCUT2D eigenvalue weighted by molar-refractivity contribution is 0.254. The third kappa shape index (κ3) is 2.79. The SMILES string of the molecule is CC(N)Cc1cnc(N2CCC3CCC(C2)N3C)nc1. The fourth-order valence-electron chi connectivity index (χ4n) is 3.48. The van der Waals surface area contributed by atoms with Crippen LogP contribution >= 0.6 is 0 Å². The summed E-state index contributed by atoms with van der Waals surface area (Å²) in [5.74, 6) is 0.874. The van der Waals surface area contributed by atoms with E-state index >= 15 is 0 Å². The highest BCUT2D eigenvalue weighted by Gasteiger charge is 2.35. The second kappa shape index (κ2) is 5.66. The largest absolute Gasteiger partial charge is 0.339 e. The standard InChI is InChI=1S/C15H25N5/c1-11(16)7-12-8-17-15(18-9-12)20-6-5-13-3-4-14(10-20)19(13)2/h8-9,11,13-14H,3-7,10,16H2,1-2H3. The van der Waals surface area contributed by atoms with Crippen molar-refractivity contribution >= 4 is 5.95 Å². The molecule has 0 spiro atoms. The number of rotatable bonds is 3. The van der Waals surface area contributed by atoms with E-state index in [1.807, 2.05) is 19.3 Å². The van der Waals surface area contributed by atoms with E-state index in [9.17, 15) is 0 Å². The van der Waals surface area contributed by atoms with E-state index in [1.54, 1.807) is 0 Å². The van der Waals surface area contributed by atoms with Gasteiger partial charge in [0, 0.05) is 43.6 Å². The summed E-state index contributed by atoms with van der Waals surface area (Å²) in [4.78, 5) is 14.0. The maximum Gasteiger partial charge on any atom is 0.225 e. The zero-order valence-electron chi connectivity index (χ0n) is 12.5. The van der Waals surface area contributed by atoms with Crippen LogP contribution in [0.2, 0.25) is 0 Å². The highest BCUT2D eigenvalue weighted by Crippen LogP contribution is 2.29. The minimum Gasteiger partial charge on any atom is -0.339 e. The summed E-state index contributed by atoms with van der Waals surface area (Å²) in [5, 5.41) is 0. The molecular formula is C15H25N5. The molecule has 5 heteroatoms. The molecule has 3 heterocycles. The molecule has 1 aromatic heterocycles. The van der Waals surface area contributed by atoms with E-state index in [0.29, 0.717) is 6.04 Å². The molecule has 110 valence electrons. The Labute approximate surface area is 121 Å². The first-order valence-corrected chi connectivity index (χ1v) is 7.67. The van der Waals surface area contributed by atoms with E-state index in [1.165, 1.54) is 19.3 Å². The Morgan fingerprint density at radius 1 is 1.25 bits per heavy atom. The van der Waals surface area contributed by atoms with Crippen molar-refractivity contribution in [1.82, 2.24) is 14.9 Å². The van der Waals surface area contributed by atoms with Gasteiger partial charge in [0.1, 0.15) is 0 Å². The summed E-state index contributed by atoms with van der Waals surface area (Å²) in [6.45, 7) is 4.13. The maximum atomic E-state index is 5.81. The van der Waals surface area contributed by atoms with Crippen molar-refractivity contribution in [3.8, 4) is 0 Å². The molecule has 0 aromatic carbocycles. The molecule has 2 saturated heterocycles. The predicted molar refractivity (Wildman–Crippen MR) is 80.8 cm³/mol. The maximum absolute atomic E-state index is 5.81. The van der Waals surface area contributed by atoms with E-state index in [2.05, 4.69) is 26.8 Å². The molecule has 2 N–H and O–H groups in total. The topological polar surface area (TPSA) is 58.3 Å². The van der Waals surface area contributed by atoms with Crippen LogP contribution < -0.4 is 10.6 Å². The zero-order chi connectivity index (χ0) is 14.1. The Balaban J connectivity index is 1.70. The second-order valence-electron chi connectivity index (χ2n) is 6.36. The lowest BCUT2D eigenvalue weighted by Crippen LogP contribution is -2.37. The van der Waals surface area contributed by atoms with Gasteiger partial charge >= 0.3 is 0 Å². The number of nitrogens with zero attached hydrogens (tertiary/aromatic N) is 4. The summed E-state index contributed by atoms with van der Waals surface area (Å²) in [6.07, 6.45) is 8.58. The number of aromatic nitrogens is 2. The van der Waals surface area contributed by atoms with Crippen molar-refractivity contribution in [3.05, 3.63) is 18.0 Å². The Bertz CT molecular complexity index is 444. The Morgan fingerprint density at radius 2 is 1.95 bits per heavy atom. The molecule has 2 aliphatic heterocycles. The molecule has 5 nitrogen and oxygen atoms in total. The molecule has 0 aliphatic carbocycles. The van der Waals surface area contributed by atoms with Crippen molar-refractivity contribution < 1.29 is 0 Å². The third-order valence-corrected chi connectivity index (χ3v) is 4.68. The van der Waals surface area contributed by atoms with Crippen molar-refractivity contribution in [2.24, 2.45) is 5.73 Å². The van der Waals surface area contributed by atoms with Gasteiger partial charge in [-0.25, -0.2) is 9.97 Å². The van der Waals surface area contributed by atoms with Gasteiger partial charge in [0.2, 0.25) is 5.95 Å². The summed E-state index contributed by atoms with van der Waals surface area (Å²) in [5.41, 5.74) is 6.93. The van der Waals surface area contributed by atoms with Gasteiger partial charge in [-0.05, 0) is 45.2 Å². The van der Waals surface area contributed by atoms with Crippen molar-refractivity contribution in [2.45, 2.75) is 50.7 Å². The van der Waals surface area contributed by atoms with Crippen molar-refractivity contribution in [3.63, 3.8) is 0 Å². The summed E-state index contributed by atoms with van der Waals surface area (Å²) in [6, 6.07) is 1.57. The molecule has 3 atom stereocenters. The van der Waals surface area contributed by atoms with Crippen LogP contribution in [0.3, 0.4) is 0 Å². The first-order chi connectivity index (χ1) is 9.63. The molecule has 20 heavy (non-hydrogen) atoms. The number of hydrogen-bond acceptors (Lipinski definition) is 5. The van der Waals surface area contributed by atoms with Crippen LogP contribution in [-0.4, -0.2) is 53.1 Å². The van der Waals surface area contributed by atoms with E-state index in [4.69, 9.17) is 5.73 Å². The first kappa shape index (κ1) is 13.8. The summed E-state index contributed by atoms with van der Waals surface area (Å²) < 4.78 is 0. The number of nitrogens with two attached hydrogens (primary N) is 1. The first-order valence-electron chi connectivity index (χ1n) is 7.67. The number of anilines is 1. The molecular weight excluding hydrogens is 250 g/mol. The van der Waals surface area contributed by atoms with Gasteiger partial charge in [-0.2, -0.15) is 0 Å².